The maximum Gasteiger partial charge on any atom is 0.142 e. The fraction of sp³-hybridized carbons (Fsp3) is 0.500. The number of hydrazine groups is 3. The fourth-order valence-electron chi connectivity index (χ4n) is 2.41. The van der Waals surface area contributed by atoms with Crippen LogP contribution in [0.4, 0.5) is 0 Å². The second-order valence-electron chi connectivity index (χ2n) is 5.44. The molecule has 2 rings (SSSR count). The Bertz CT molecular complexity index is 563. The van der Waals surface area contributed by atoms with Crippen LogP contribution in [0, 0.1) is 12.8 Å². The van der Waals surface area contributed by atoms with Crippen molar-refractivity contribution in [3.63, 3.8) is 0 Å². The van der Waals surface area contributed by atoms with Gasteiger partial charge in [-0.1, -0.05) is 13.8 Å². The third-order valence-corrected chi connectivity index (χ3v) is 4.46. The number of amidine groups is 1. The van der Waals surface area contributed by atoms with Gasteiger partial charge in [0.05, 0.1) is 10.6 Å². The van der Waals surface area contributed by atoms with Crippen LogP contribution in [0.15, 0.2) is 23.4 Å². The summed E-state index contributed by atoms with van der Waals surface area (Å²) in [5, 5.41) is 9.47. The van der Waals surface area contributed by atoms with Crippen molar-refractivity contribution in [2.24, 2.45) is 22.7 Å². The molecule has 1 aliphatic heterocycles. The Hall–Kier alpha value is -1.77. The molecule has 1 aromatic heterocycles. The summed E-state index contributed by atoms with van der Waals surface area (Å²) in [5.74, 6) is 12.4. The van der Waals surface area contributed by atoms with E-state index in [1.807, 2.05) is 25.2 Å². The average molecular weight is 323 g/mol. The Labute approximate surface area is 135 Å². The number of rotatable bonds is 5. The maximum atomic E-state index is 6.11. The lowest BCUT2D eigenvalue weighted by Gasteiger charge is -2.34. The monoisotopic (exact) mass is 323 g/mol. The zero-order valence-corrected chi connectivity index (χ0v) is 14.4. The molecule has 1 aromatic rings. The van der Waals surface area contributed by atoms with Crippen LogP contribution in [0.25, 0.3) is 5.70 Å². The van der Waals surface area contributed by atoms with Crippen LogP contribution >= 0.6 is 11.3 Å². The van der Waals surface area contributed by atoms with E-state index in [1.54, 1.807) is 16.3 Å². The number of nitrogens with zero attached hydrogens (tertiary/aromatic N) is 4. The molecule has 0 atom stereocenters. The van der Waals surface area contributed by atoms with Gasteiger partial charge in [-0.05, 0) is 26.0 Å². The molecule has 0 amide bonds. The lowest BCUT2D eigenvalue weighted by atomic mass is 10.2. The van der Waals surface area contributed by atoms with E-state index in [-0.39, 0.29) is 5.92 Å². The van der Waals surface area contributed by atoms with Gasteiger partial charge >= 0.3 is 0 Å². The Morgan fingerprint density at radius 2 is 2.18 bits per heavy atom. The van der Waals surface area contributed by atoms with Gasteiger partial charge in [0.2, 0.25) is 0 Å². The molecule has 2 heterocycles. The van der Waals surface area contributed by atoms with E-state index in [9.17, 15) is 0 Å². The molecule has 0 saturated carbocycles. The minimum Gasteiger partial charge on any atom is -0.322 e. The van der Waals surface area contributed by atoms with Crippen molar-refractivity contribution in [1.82, 2.24) is 20.6 Å². The van der Waals surface area contributed by atoms with Gasteiger partial charge in [-0.2, -0.15) is 5.10 Å². The molecule has 5 N–H and O–H groups in total. The number of nitrogens with two attached hydrogens (primary N) is 2. The molecule has 0 aromatic carbocycles. The van der Waals surface area contributed by atoms with Gasteiger partial charge in [-0.3, -0.25) is 10.0 Å². The van der Waals surface area contributed by atoms with Crippen molar-refractivity contribution >= 4 is 22.9 Å². The summed E-state index contributed by atoms with van der Waals surface area (Å²) in [4.78, 5) is 2.53. The van der Waals surface area contributed by atoms with Gasteiger partial charge in [-0.15, -0.1) is 16.5 Å². The maximum absolute atomic E-state index is 6.11. The predicted molar refractivity (Wildman–Crippen MR) is 91.7 cm³/mol. The van der Waals surface area contributed by atoms with Crippen molar-refractivity contribution in [2.45, 2.75) is 27.7 Å². The molecule has 0 saturated heterocycles. The minimum atomic E-state index is 0.167. The number of hydrazone groups is 1. The number of nitrogens with one attached hydrogen (secondary N) is 1. The Kier molecular flexibility index (Phi) is 5.28. The third-order valence-electron chi connectivity index (χ3n) is 3.44. The largest absolute Gasteiger partial charge is 0.322 e. The minimum absolute atomic E-state index is 0.167. The summed E-state index contributed by atoms with van der Waals surface area (Å²) in [6.07, 6.45) is 2.00. The van der Waals surface area contributed by atoms with Gasteiger partial charge in [0.1, 0.15) is 12.5 Å². The molecule has 0 aliphatic carbocycles. The highest BCUT2D eigenvalue weighted by Crippen LogP contribution is 2.29. The van der Waals surface area contributed by atoms with Crippen molar-refractivity contribution in [3.8, 4) is 0 Å². The molecular weight excluding hydrogens is 298 g/mol. The van der Waals surface area contributed by atoms with Crippen LogP contribution in [-0.2, 0) is 0 Å². The molecule has 8 heteroatoms. The van der Waals surface area contributed by atoms with Crippen LogP contribution in [0.5, 0.6) is 0 Å². The SMILES string of the molecule is CCN1C(c2ccc(C)s2)=CNN1CN(N)/C(=N\N)C(C)C. The van der Waals surface area contributed by atoms with E-state index in [2.05, 4.69) is 41.5 Å². The van der Waals surface area contributed by atoms with Crippen LogP contribution in [0.2, 0.25) is 0 Å². The Balaban J connectivity index is 2.08. The first-order valence-electron chi connectivity index (χ1n) is 7.36. The molecule has 0 fully saturated rings. The number of hydrogen-bond acceptors (Lipinski definition) is 7. The number of aryl methyl sites for hydroxylation is 1. The van der Waals surface area contributed by atoms with Crippen LogP contribution in [0.3, 0.4) is 0 Å². The standard InChI is InChI=1S/C14H25N7S/c1-5-20-12(13-7-6-11(4)22-13)8-17-21(20)9-19(16)14(18-15)10(2)3/h6-8,10,17H,5,9,15-16H2,1-4H3/b18-14-. The van der Waals surface area contributed by atoms with Gasteiger partial charge in [0.15, 0.2) is 0 Å². The van der Waals surface area contributed by atoms with E-state index < -0.39 is 0 Å². The first kappa shape index (κ1) is 16.6. The second kappa shape index (κ2) is 6.99. The van der Waals surface area contributed by atoms with E-state index in [4.69, 9.17) is 11.7 Å². The normalized spacial score (nSPS) is 16.2. The van der Waals surface area contributed by atoms with Gasteiger partial charge in [0.25, 0.3) is 0 Å². The first-order chi connectivity index (χ1) is 10.5. The molecule has 7 nitrogen and oxygen atoms in total. The lowest BCUT2D eigenvalue weighted by Crippen LogP contribution is -2.54. The molecule has 122 valence electrons. The average Bonchev–Trinajstić information content (AvgIpc) is 3.05. The highest BCUT2D eigenvalue weighted by molar-refractivity contribution is 7.13. The zero-order valence-electron chi connectivity index (χ0n) is 13.6. The molecule has 0 spiro atoms. The molecule has 0 bridgehead atoms. The smallest absolute Gasteiger partial charge is 0.142 e. The highest BCUT2D eigenvalue weighted by Gasteiger charge is 2.26. The molecular formula is C14H25N7S. The highest BCUT2D eigenvalue weighted by atomic mass is 32.1. The second-order valence-corrected chi connectivity index (χ2v) is 6.73. The molecule has 22 heavy (non-hydrogen) atoms. The van der Waals surface area contributed by atoms with Crippen molar-refractivity contribution in [3.05, 3.63) is 28.1 Å². The Morgan fingerprint density at radius 1 is 1.45 bits per heavy atom. The van der Waals surface area contributed by atoms with Crippen molar-refractivity contribution in [2.75, 3.05) is 13.2 Å². The number of thiophene rings is 1. The molecule has 0 radical (unpaired) electrons. The van der Waals surface area contributed by atoms with Crippen molar-refractivity contribution < 1.29 is 0 Å². The Morgan fingerprint density at radius 3 is 2.68 bits per heavy atom. The first-order valence-corrected chi connectivity index (χ1v) is 8.17. The number of hydrogen-bond donors (Lipinski definition) is 3. The molecule has 0 unspecified atom stereocenters. The van der Waals surface area contributed by atoms with E-state index in [0.717, 1.165) is 12.2 Å². The zero-order chi connectivity index (χ0) is 16.3. The van der Waals surface area contributed by atoms with Crippen LogP contribution in [-0.4, -0.2) is 34.2 Å². The molecule has 1 aliphatic rings. The van der Waals surface area contributed by atoms with Gasteiger partial charge in [-0.25, -0.2) is 5.84 Å². The summed E-state index contributed by atoms with van der Waals surface area (Å²) in [6.45, 7) is 9.53. The van der Waals surface area contributed by atoms with Gasteiger partial charge in [0, 0.05) is 23.5 Å². The predicted octanol–water partition coefficient (Wildman–Crippen LogP) is 1.47. The summed E-state index contributed by atoms with van der Waals surface area (Å²) >= 11 is 1.78. The van der Waals surface area contributed by atoms with Crippen molar-refractivity contribution in [1.29, 1.82) is 0 Å². The fourth-order valence-corrected chi connectivity index (χ4v) is 3.30. The summed E-state index contributed by atoms with van der Waals surface area (Å²) in [7, 11) is 0. The summed E-state index contributed by atoms with van der Waals surface area (Å²) in [6, 6.07) is 4.27. The lowest BCUT2D eigenvalue weighted by molar-refractivity contribution is -0.0149. The quantitative estimate of drug-likeness (QED) is 0.329. The van der Waals surface area contributed by atoms with E-state index >= 15 is 0 Å². The summed E-state index contributed by atoms with van der Waals surface area (Å²) in [5.41, 5.74) is 4.39. The van der Waals surface area contributed by atoms with Crippen LogP contribution in [0.1, 0.15) is 30.5 Å². The van der Waals surface area contributed by atoms with E-state index in [0.29, 0.717) is 12.5 Å². The summed E-state index contributed by atoms with van der Waals surface area (Å²) < 4.78 is 0. The van der Waals surface area contributed by atoms with E-state index in [1.165, 1.54) is 9.75 Å². The van der Waals surface area contributed by atoms with Gasteiger partial charge < -0.3 is 11.3 Å². The van der Waals surface area contributed by atoms with Crippen LogP contribution < -0.4 is 17.1 Å². The topological polar surface area (TPSA) is 86.1 Å². The third kappa shape index (κ3) is 3.34.